The van der Waals surface area contributed by atoms with E-state index in [0.29, 0.717) is 5.70 Å². The van der Waals surface area contributed by atoms with Gasteiger partial charge in [0.1, 0.15) is 6.29 Å². The second kappa shape index (κ2) is 5.58. The van der Waals surface area contributed by atoms with Crippen molar-refractivity contribution in [3.63, 3.8) is 0 Å². The van der Waals surface area contributed by atoms with Crippen molar-refractivity contribution in [2.24, 2.45) is 5.73 Å². The summed E-state index contributed by atoms with van der Waals surface area (Å²) in [5, 5.41) is 3.44. The van der Waals surface area contributed by atoms with E-state index in [2.05, 4.69) is 35.6 Å². The predicted octanol–water partition coefficient (Wildman–Crippen LogP) is 3.99. The quantitative estimate of drug-likeness (QED) is 0.840. The zero-order valence-electron chi connectivity index (χ0n) is 13.0. The van der Waals surface area contributed by atoms with Crippen LogP contribution in [0.4, 0.5) is 11.4 Å². The maximum absolute atomic E-state index is 11.3. The maximum Gasteiger partial charge on any atom is 0.133 e. The average molecular weight is 304 g/mol. The number of nitrogens with one attached hydrogen (secondary N) is 1. The van der Waals surface area contributed by atoms with Gasteiger partial charge in [0.15, 0.2) is 0 Å². The highest BCUT2D eigenvalue weighted by Crippen LogP contribution is 2.40. The largest absolute Gasteiger partial charge is 0.401 e. The highest BCUT2D eigenvalue weighted by molar-refractivity contribution is 5.71. The molecule has 3 N–H and O–H groups in total. The van der Waals surface area contributed by atoms with Crippen molar-refractivity contribution >= 4 is 17.7 Å². The van der Waals surface area contributed by atoms with E-state index in [1.807, 2.05) is 18.2 Å². The summed E-state index contributed by atoms with van der Waals surface area (Å²) in [5.41, 5.74) is 12.3. The third-order valence-corrected chi connectivity index (χ3v) is 4.78. The molecule has 3 heteroatoms. The summed E-state index contributed by atoms with van der Waals surface area (Å²) >= 11 is 0. The van der Waals surface area contributed by atoms with Crippen LogP contribution >= 0.6 is 0 Å². The Balaban J connectivity index is 1.55. The number of carbonyl (C=O) groups excluding carboxylic acids is 1. The number of hydrogen-bond donors (Lipinski definition) is 2. The molecule has 116 valence electrons. The van der Waals surface area contributed by atoms with Crippen molar-refractivity contribution in [1.29, 1.82) is 0 Å². The number of fused-ring (bicyclic) bond motifs is 1. The minimum absolute atomic E-state index is 0.300. The molecule has 0 bridgehead atoms. The zero-order chi connectivity index (χ0) is 15.8. The minimum atomic E-state index is -0.300. The second-order valence-electron chi connectivity index (χ2n) is 6.46. The van der Waals surface area contributed by atoms with Crippen molar-refractivity contribution in [3.05, 3.63) is 70.9 Å². The van der Waals surface area contributed by atoms with Crippen LogP contribution in [0.1, 0.15) is 41.4 Å². The molecule has 2 aliphatic rings. The standard InChI is InChI=1S/C20H20N2O/c21-20-10-5-15-11-17(8-9-18(15)19(20)12-23)22-16-6-3-14(4-7-16)13-1-2-13/h3-4,6-13,19,22H,1-2,5,21H2/t19-/m0/s1. The molecule has 1 saturated carbocycles. The van der Waals surface area contributed by atoms with Gasteiger partial charge < -0.3 is 15.8 Å². The Morgan fingerprint density at radius 3 is 2.48 bits per heavy atom. The van der Waals surface area contributed by atoms with Gasteiger partial charge in [-0.15, -0.1) is 0 Å². The first-order chi connectivity index (χ1) is 11.2. The fraction of sp³-hybridized carbons (Fsp3) is 0.250. The van der Waals surface area contributed by atoms with Gasteiger partial charge in [-0.05, 0) is 66.1 Å². The first kappa shape index (κ1) is 14.1. The molecule has 1 fully saturated rings. The Morgan fingerprint density at radius 1 is 1.04 bits per heavy atom. The van der Waals surface area contributed by atoms with Gasteiger partial charge in [-0.25, -0.2) is 0 Å². The molecule has 0 saturated heterocycles. The Kier molecular flexibility index (Phi) is 3.41. The summed E-state index contributed by atoms with van der Waals surface area (Å²) in [6.45, 7) is 0. The minimum Gasteiger partial charge on any atom is -0.401 e. The first-order valence-corrected chi connectivity index (χ1v) is 8.15. The number of aldehydes is 1. The number of benzene rings is 2. The smallest absolute Gasteiger partial charge is 0.133 e. The van der Waals surface area contributed by atoms with Crippen LogP contribution in [-0.4, -0.2) is 6.29 Å². The van der Waals surface area contributed by atoms with Crippen LogP contribution < -0.4 is 11.1 Å². The summed E-state index contributed by atoms with van der Waals surface area (Å²) in [7, 11) is 0. The lowest BCUT2D eigenvalue weighted by molar-refractivity contribution is -0.108. The monoisotopic (exact) mass is 304 g/mol. The topological polar surface area (TPSA) is 55.1 Å². The van der Waals surface area contributed by atoms with Crippen LogP contribution in [0, 0.1) is 0 Å². The van der Waals surface area contributed by atoms with Crippen LogP contribution in [0.3, 0.4) is 0 Å². The fourth-order valence-corrected chi connectivity index (χ4v) is 3.27. The number of anilines is 2. The van der Waals surface area contributed by atoms with Gasteiger partial charge in [-0.2, -0.15) is 0 Å². The lowest BCUT2D eigenvalue weighted by Gasteiger charge is -2.21. The van der Waals surface area contributed by atoms with Crippen molar-refractivity contribution in [3.8, 4) is 0 Å². The van der Waals surface area contributed by atoms with Crippen LogP contribution in [0.5, 0.6) is 0 Å². The fourth-order valence-electron chi connectivity index (χ4n) is 3.27. The second-order valence-corrected chi connectivity index (χ2v) is 6.46. The van der Waals surface area contributed by atoms with E-state index in [4.69, 9.17) is 5.73 Å². The molecule has 0 unspecified atom stereocenters. The third-order valence-electron chi connectivity index (χ3n) is 4.78. The summed E-state index contributed by atoms with van der Waals surface area (Å²) in [4.78, 5) is 11.3. The number of hydrogen-bond acceptors (Lipinski definition) is 3. The molecule has 0 amide bonds. The molecule has 2 aromatic rings. The Bertz CT molecular complexity index is 773. The average Bonchev–Trinajstić information content (AvgIpc) is 3.41. The molecular weight excluding hydrogens is 284 g/mol. The van der Waals surface area contributed by atoms with Gasteiger partial charge in [0.05, 0.1) is 5.92 Å². The lowest BCUT2D eigenvalue weighted by atomic mass is 9.86. The molecule has 4 rings (SSSR count). The van der Waals surface area contributed by atoms with Crippen molar-refractivity contribution in [2.45, 2.75) is 31.1 Å². The summed E-state index contributed by atoms with van der Waals surface area (Å²) in [6, 6.07) is 14.8. The predicted molar refractivity (Wildman–Crippen MR) is 92.9 cm³/mol. The molecule has 0 spiro atoms. The highest BCUT2D eigenvalue weighted by atomic mass is 16.1. The van der Waals surface area contributed by atoms with Gasteiger partial charge in [-0.1, -0.05) is 24.3 Å². The zero-order valence-corrected chi connectivity index (χ0v) is 13.0. The Hall–Kier alpha value is -2.55. The van der Waals surface area contributed by atoms with E-state index in [-0.39, 0.29) is 5.92 Å². The summed E-state index contributed by atoms with van der Waals surface area (Å²) < 4.78 is 0. The number of carbonyl (C=O) groups is 1. The molecule has 0 radical (unpaired) electrons. The molecule has 2 aromatic carbocycles. The Morgan fingerprint density at radius 2 is 1.78 bits per heavy atom. The molecule has 0 heterocycles. The summed E-state index contributed by atoms with van der Waals surface area (Å²) in [6.07, 6.45) is 6.29. The van der Waals surface area contributed by atoms with Gasteiger partial charge in [0.2, 0.25) is 0 Å². The lowest BCUT2D eigenvalue weighted by Crippen LogP contribution is -2.17. The van der Waals surface area contributed by atoms with E-state index < -0.39 is 0 Å². The SMILES string of the molecule is NC1=CCc2cc(Nc3ccc(C4CC4)cc3)ccc2[C@@H]1C=O. The van der Waals surface area contributed by atoms with E-state index >= 15 is 0 Å². The van der Waals surface area contributed by atoms with Crippen LogP contribution in [0.25, 0.3) is 0 Å². The van der Waals surface area contributed by atoms with E-state index in [1.54, 1.807) is 0 Å². The van der Waals surface area contributed by atoms with Crippen molar-refractivity contribution < 1.29 is 4.79 Å². The van der Waals surface area contributed by atoms with E-state index in [9.17, 15) is 4.79 Å². The molecular formula is C20H20N2O. The molecule has 2 aliphatic carbocycles. The summed E-state index contributed by atoms with van der Waals surface area (Å²) in [5.74, 6) is 0.482. The highest BCUT2D eigenvalue weighted by Gasteiger charge is 2.23. The third kappa shape index (κ3) is 2.74. The number of nitrogens with two attached hydrogens (primary N) is 1. The first-order valence-electron chi connectivity index (χ1n) is 8.15. The van der Waals surface area contributed by atoms with Gasteiger partial charge in [0, 0.05) is 17.1 Å². The van der Waals surface area contributed by atoms with Crippen molar-refractivity contribution in [1.82, 2.24) is 0 Å². The van der Waals surface area contributed by atoms with Crippen LogP contribution in [-0.2, 0) is 11.2 Å². The van der Waals surface area contributed by atoms with Crippen LogP contribution in [0.15, 0.2) is 54.2 Å². The molecule has 0 aliphatic heterocycles. The molecule has 1 atom stereocenters. The normalized spacial score (nSPS) is 19.7. The van der Waals surface area contributed by atoms with Gasteiger partial charge >= 0.3 is 0 Å². The van der Waals surface area contributed by atoms with Crippen LogP contribution in [0.2, 0.25) is 0 Å². The van der Waals surface area contributed by atoms with E-state index in [1.165, 1.54) is 18.4 Å². The Labute approximate surface area is 136 Å². The van der Waals surface area contributed by atoms with E-state index in [0.717, 1.165) is 41.1 Å². The van der Waals surface area contributed by atoms with Crippen molar-refractivity contribution in [2.75, 3.05) is 5.32 Å². The molecule has 23 heavy (non-hydrogen) atoms. The maximum atomic E-state index is 11.3. The number of allylic oxidation sites excluding steroid dienone is 2. The van der Waals surface area contributed by atoms with Gasteiger partial charge in [-0.3, -0.25) is 0 Å². The van der Waals surface area contributed by atoms with Gasteiger partial charge in [0.25, 0.3) is 0 Å². The molecule has 3 nitrogen and oxygen atoms in total. The number of rotatable bonds is 4. The molecule has 0 aromatic heterocycles.